The van der Waals surface area contributed by atoms with E-state index in [0.29, 0.717) is 11.3 Å². The van der Waals surface area contributed by atoms with Crippen LogP contribution in [0.15, 0.2) is 47.3 Å². The van der Waals surface area contributed by atoms with E-state index < -0.39 is 0 Å². The van der Waals surface area contributed by atoms with Crippen LogP contribution in [0.4, 0.5) is 5.69 Å². The van der Waals surface area contributed by atoms with E-state index in [9.17, 15) is 9.59 Å². The zero-order chi connectivity index (χ0) is 15.9. The fourth-order valence-corrected chi connectivity index (χ4v) is 3.06. The molecule has 0 fully saturated rings. The molecule has 5 nitrogen and oxygen atoms in total. The van der Waals surface area contributed by atoms with Crippen molar-refractivity contribution in [2.24, 2.45) is 14.1 Å². The fourth-order valence-electron chi connectivity index (χ4n) is 2.43. The zero-order valence-electron chi connectivity index (χ0n) is 12.1. The van der Waals surface area contributed by atoms with Crippen LogP contribution in [-0.4, -0.2) is 15.0 Å². The maximum atomic E-state index is 12.3. The summed E-state index contributed by atoms with van der Waals surface area (Å²) < 4.78 is 4.05. The molecular formula is C16H14IN3O2. The summed E-state index contributed by atoms with van der Waals surface area (Å²) >= 11 is 2.14. The Morgan fingerprint density at radius 1 is 1.05 bits per heavy atom. The van der Waals surface area contributed by atoms with E-state index in [-0.39, 0.29) is 11.6 Å². The standard InChI is InChI=1S/C16H14IN3O2/c1-19-13-8-7-10(9-14(13)20(2)16(19)22)18-15(21)11-5-3-4-6-12(11)17/h3-9H,1-2H3,(H,18,21). The smallest absolute Gasteiger partial charge is 0.322 e. The van der Waals surface area contributed by atoms with E-state index in [1.54, 1.807) is 35.4 Å². The second-order valence-electron chi connectivity index (χ2n) is 5.04. The lowest BCUT2D eigenvalue weighted by atomic mass is 10.2. The third kappa shape index (κ3) is 2.43. The molecule has 1 amide bonds. The number of carbonyl (C=O) groups excluding carboxylic acids is 1. The first-order valence-corrected chi connectivity index (χ1v) is 7.78. The van der Waals surface area contributed by atoms with Gasteiger partial charge in [0.15, 0.2) is 0 Å². The second kappa shape index (κ2) is 5.60. The number of halogens is 1. The van der Waals surface area contributed by atoms with E-state index in [0.717, 1.165) is 14.6 Å². The Morgan fingerprint density at radius 3 is 2.45 bits per heavy atom. The highest BCUT2D eigenvalue weighted by molar-refractivity contribution is 14.1. The van der Waals surface area contributed by atoms with Gasteiger partial charge in [0.2, 0.25) is 0 Å². The number of benzene rings is 2. The highest BCUT2D eigenvalue weighted by atomic mass is 127. The van der Waals surface area contributed by atoms with Gasteiger partial charge in [0.1, 0.15) is 0 Å². The van der Waals surface area contributed by atoms with E-state index in [2.05, 4.69) is 27.9 Å². The molecule has 1 aromatic heterocycles. The minimum absolute atomic E-state index is 0.0870. The summed E-state index contributed by atoms with van der Waals surface area (Å²) in [7, 11) is 3.45. The lowest BCUT2D eigenvalue weighted by Crippen LogP contribution is -2.19. The fraction of sp³-hybridized carbons (Fsp3) is 0.125. The molecule has 112 valence electrons. The van der Waals surface area contributed by atoms with Crippen LogP contribution < -0.4 is 11.0 Å². The van der Waals surface area contributed by atoms with Crippen LogP contribution in [0.25, 0.3) is 11.0 Å². The molecule has 2 aromatic carbocycles. The van der Waals surface area contributed by atoms with E-state index >= 15 is 0 Å². The number of fused-ring (bicyclic) bond motifs is 1. The summed E-state index contributed by atoms with van der Waals surface area (Å²) in [5.41, 5.74) is 2.83. The van der Waals surface area contributed by atoms with Crippen LogP contribution in [0.3, 0.4) is 0 Å². The number of aryl methyl sites for hydroxylation is 2. The van der Waals surface area contributed by atoms with Crippen LogP contribution in [0.2, 0.25) is 0 Å². The van der Waals surface area contributed by atoms with Crippen molar-refractivity contribution in [1.82, 2.24) is 9.13 Å². The maximum Gasteiger partial charge on any atom is 0.328 e. The van der Waals surface area contributed by atoms with Crippen molar-refractivity contribution in [3.63, 3.8) is 0 Å². The number of rotatable bonds is 2. The minimum Gasteiger partial charge on any atom is -0.322 e. The average Bonchev–Trinajstić information content (AvgIpc) is 2.72. The number of amides is 1. The first kappa shape index (κ1) is 14.8. The molecule has 0 spiro atoms. The third-order valence-corrected chi connectivity index (χ3v) is 4.59. The van der Waals surface area contributed by atoms with Gasteiger partial charge < -0.3 is 5.32 Å². The Morgan fingerprint density at radius 2 is 1.73 bits per heavy atom. The first-order chi connectivity index (χ1) is 10.5. The number of hydrogen-bond acceptors (Lipinski definition) is 2. The Bertz CT molecular complexity index is 940. The summed E-state index contributed by atoms with van der Waals surface area (Å²) in [6.45, 7) is 0. The highest BCUT2D eigenvalue weighted by Crippen LogP contribution is 2.19. The number of carbonyl (C=O) groups is 1. The van der Waals surface area contributed by atoms with E-state index in [4.69, 9.17) is 0 Å². The molecule has 0 aliphatic rings. The summed E-state index contributed by atoms with van der Waals surface area (Å²) in [5.74, 6) is -0.162. The second-order valence-corrected chi connectivity index (χ2v) is 6.20. The van der Waals surface area contributed by atoms with Gasteiger partial charge in [-0.2, -0.15) is 0 Å². The number of anilines is 1. The van der Waals surface area contributed by atoms with Gasteiger partial charge in [0.25, 0.3) is 5.91 Å². The molecule has 3 aromatic rings. The Kier molecular flexibility index (Phi) is 3.78. The van der Waals surface area contributed by atoms with Crippen molar-refractivity contribution in [2.45, 2.75) is 0 Å². The molecule has 1 heterocycles. The summed E-state index contributed by atoms with van der Waals surface area (Å²) in [4.78, 5) is 24.3. The molecule has 6 heteroatoms. The molecule has 0 saturated heterocycles. The normalized spacial score (nSPS) is 10.9. The molecule has 0 atom stereocenters. The number of hydrogen-bond donors (Lipinski definition) is 1. The summed E-state index contributed by atoms with van der Waals surface area (Å²) in [5, 5.41) is 2.88. The molecule has 0 unspecified atom stereocenters. The SMILES string of the molecule is Cn1c(=O)n(C)c2cc(NC(=O)c3ccccc3I)ccc21. The molecule has 1 N–H and O–H groups in total. The zero-order valence-corrected chi connectivity index (χ0v) is 14.3. The molecule has 3 rings (SSSR count). The molecular weight excluding hydrogens is 393 g/mol. The first-order valence-electron chi connectivity index (χ1n) is 6.70. The van der Waals surface area contributed by atoms with Crippen molar-refractivity contribution in [2.75, 3.05) is 5.32 Å². The van der Waals surface area contributed by atoms with Gasteiger partial charge in [-0.25, -0.2) is 4.79 Å². The topological polar surface area (TPSA) is 56.0 Å². The Labute approximate surface area is 140 Å². The largest absolute Gasteiger partial charge is 0.328 e. The van der Waals surface area contributed by atoms with Gasteiger partial charge in [-0.3, -0.25) is 13.9 Å². The van der Waals surface area contributed by atoms with E-state index in [1.807, 2.05) is 30.3 Å². The van der Waals surface area contributed by atoms with Crippen molar-refractivity contribution in [1.29, 1.82) is 0 Å². The average molecular weight is 407 g/mol. The lowest BCUT2D eigenvalue weighted by molar-refractivity contribution is 0.102. The third-order valence-electron chi connectivity index (χ3n) is 3.65. The van der Waals surface area contributed by atoms with Crippen molar-refractivity contribution >= 4 is 45.2 Å². The van der Waals surface area contributed by atoms with Crippen molar-refractivity contribution in [3.8, 4) is 0 Å². The van der Waals surface area contributed by atoms with Gasteiger partial charge in [0.05, 0.1) is 16.6 Å². The number of imidazole rings is 1. The Hall–Kier alpha value is -2.09. The van der Waals surface area contributed by atoms with Crippen molar-refractivity contribution in [3.05, 3.63) is 62.1 Å². The summed E-state index contributed by atoms with van der Waals surface area (Å²) in [6, 6.07) is 12.8. The minimum atomic E-state index is -0.162. The van der Waals surface area contributed by atoms with Crippen LogP contribution in [0.5, 0.6) is 0 Å². The Balaban J connectivity index is 1.98. The number of nitrogens with one attached hydrogen (secondary N) is 1. The van der Waals surface area contributed by atoms with Gasteiger partial charge in [-0.1, -0.05) is 12.1 Å². The molecule has 22 heavy (non-hydrogen) atoms. The predicted octanol–water partition coefficient (Wildman–Crippen LogP) is 2.73. The molecule has 0 aliphatic carbocycles. The van der Waals surface area contributed by atoms with Gasteiger partial charge in [0, 0.05) is 23.4 Å². The van der Waals surface area contributed by atoms with Gasteiger partial charge in [-0.05, 0) is 52.9 Å². The number of aromatic nitrogens is 2. The quantitative estimate of drug-likeness (QED) is 0.665. The van der Waals surface area contributed by atoms with Crippen molar-refractivity contribution < 1.29 is 4.79 Å². The van der Waals surface area contributed by atoms with Crippen LogP contribution in [0, 0.1) is 3.57 Å². The van der Waals surface area contributed by atoms with Crippen LogP contribution in [0.1, 0.15) is 10.4 Å². The molecule has 0 aliphatic heterocycles. The van der Waals surface area contributed by atoms with E-state index in [1.165, 1.54) is 0 Å². The molecule has 0 saturated carbocycles. The predicted molar refractivity (Wildman–Crippen MR) is 95.3 cm³/mol. The monoisotopic (exact) mass is 407 g/mol. The van der Waals surface area contributed by atoms with Crippen LogP contribution in [-0.2, 0) is 14.1 Å². The molecule has 0 bridgehead atoms. The van der Waals surface area contributed by atoms with Gasteiger partial charge in [-0.15, -0.1) is 0 Å². The summed E-state index contributed by atoms with van der Waals surface area (Å²) in [6.07, 6.45) is 0. The maximum absolute atomic E-state index is 12.3. The number of nitrogens with zero attached hydrogens (tertiary/aromatic N) is 2. The van der Waals surface area contributed by atoms with Gasteiger partial charge >= 0.3 is 5.69 Å². The molecule has 0 radical (unpaired) electrons. The highest BCUT2D eigenvalue weighted by Gasteiger charge is 2.12. The van der Waals surface area contributed by atoms with Crippen LogP contribution >= 0.6 is 22.6 Å². The lowest BCUT2D eigenvalue weighted by Gasteiger charge is -2.07.